The quantitative estimate of drug-likeness (QED) is 0.860. The molecule has 0 fully saturated rings. The molecule has 0 aromatic heterocycles. The molecule has 106 valence electrons. The first-order valence-electron chi connectivity index (χ1n) is 6.26. The minimum Gasteiger partial charge on any atom is -0.493 e. The summed E-state index contributed by atoms with van der Waals surface area (Å²) in [6.45, 7) is 5.75. The van der Waals surface area contributed by atoms with E-state index in [1.165, 1.54) is 0 Å². The molecule has 0 aliphatic carbocycles. The predicted molar refractivity (Wildman–Crippen MR) is 74.8 cm³/mol. The number of urea groups is 1. The lowest BCUT2D eigenvalue weighted by Gasteiger charge is -2.18. The normalized spacial score (nSPS) is 11.9. The zero-order valence-corrected chi connectivity index (χ0v) is 12.1. The smallest absolute Gasteiger partial charge is 0.315 e. The van der Waals surface area contributed by atoms with Crippen molar-refractivity contribution < 1.29 is 14.3 Å². The van der Waals surface area contributed by atoms with Gasteiger partial charge in [-0.25, -0.2) is 4.79 Å². The van der Waals surface area contributed by atoms with E-state index in [9.17, 15) is 4.79 Å². The Morgan fingerprint density at radius 1 is 1.05 bits per heavy atom. The zero-order valence-electron chi connectivity index (χ0n) is 12.1. The average molecular weight is 266 g/mol. The Hall–Kier alpha value is -1.91. The highest BCUT2D eigenvalue weighted by molar-refractivity contribution is 5.74. The minimum atomic E-state index is -0.183. The van der Waals surface area contributed by atoms with Gasteiger partial charge in [0.1, 0.15) is 0 Å². The van der Waals surface area contributed by atoms with Gasteiger partial charge in [-0.1, -0.05) is 6.07 Å². The Balaban J connectivity index is 2.77. The Bertz CT molecular complexity index is 433. The van der Waals surface area contributed by atoms with E-state index in [0.29, 0.717) is 11.5 Å². The molecule has 2 amide bonds. The van der Waals surface area contributed by atoms with E-state index in [1.54, 1.807) is 14.2 Å². The molecule has 1 unspecified atom stereocenters. The standard InChI is InChI=1S/C14H22N2O3/c1-9(2)15-14(17)16-10(3)11-6-7-12(18-4)13(8-11)19-5/h6-10H,1-5H3,(H2,15,16,17). The van der Waals surface area contributed by atoms with E-state index in [1.807, 2.05) is 39.0 Å². The second-order valence-electron chi connectivity index (χ2n) is 4.61. The van der Waals surface area contributed by atoms with Crippen LogP contribution in [0, 0.1) is 0 Å². The number of rotatable bonds is 5. The lowest BCUT2D eigenvalue weighted by atomic mass is 10.1. The molecule has 5 heteroatoms. The number of methoxy groups -OCH3 is 2. The summed E-state index contributed by atoms with van der Waals surface area (Å²) in [7, 11) is 3.18. The van der Waals surface area contributed by atoms with Crippen molar-refractivity contribution >= 4 is 6.03 Å². The van der Waals surface area contributed by atoms with Gasteiger partial charge in [0.25, 0.3) is 0 Å². The second-order valence-corrected chi connectivity index (χ2v) is 4.61. The number of hydrogen-bond donors (Lipinski definition) is 2. The Morgan fingerprint density at radius 3 is 2.21 bits per heavy atom. The van der Waals surface area contributed by atoms with Gasteiger partial charge in [0, 0.05) is 6.04 Å². The minimum absolute atomic E-state index is 0.109. The van der Waals surface area contributed by atoms with E-state index in [-0.39, 0.29) is 18.1 Å². The van der Waals surface area contributed by atoms with Gasteiger partial charge in [-0.05, 0) is 38.5 Å². The zero-order chi connectivity index (χ0) is 14.4. The van der Waals surface area contributed by atoms with Gasteiger partial charge in [-0.2, -0.15) is 0 Å². The number of hydrogen-bond acceptors (Lipinski definition) is 3. The van der Waals surface area contributed by atoms with Crippen LogP contribution in [0.4, 0.5) is 4.79 Å². The van der Waals surface area contributed by atoms with Crippen LogP contribution in [0.25, 0.3) is 0 Å². The van der Waals surface area contributed by atoms with Crippen molar-refractivity contribution in [2.75, 3.05) is 14.2 Å². The number of carbonyl (C=O) groups excluding carboxylic acids is 1. The van der Waals surface area contributed by atoms with Crippen LogP contribution in [0.3, 0.4) is 0 Å². The fraction of sp³-hybridized carbons (Fsp3) is 0.500. The lowest BCUT2D eigenvalue weighted by molar-refractivity contribution is 0.235. The highest BCUT2D eigenvalue weighted by Gasteiger charge is 2.12. The number of benzene rings is 1. The maximum absolute atomic E-state index is 11.6. The summed E-state index contributed by atoms with van der Waals surface area (Å²) in [6, 6.07) is 5.40. The van der Waals surface area contributed by atoms with Crippen molar-refractivity contribution in [2.45, 2.75) is 32.9 Å². The van der Waals surface area contributed by atoms with Crippen molar-refractivity contribution in [3.05, 3.63) is 23.8 Å². The molecule has 0 aliphatic rings. The maximum atomic E-state index is 11.6. The molecule has 1 atom stereocenters. The largest absolute Gasteiger partial charge is 0.493 e. The van der Waals surface area contributed by atoms with E-state index in [4.69, 9.17) is 9.47 Å². The molecule has 0 bridgehead atoms. The van der Waals surface area contributed by atoms with Gasteiger partial charge in [-0.15, -0.1) is 0 Å². The van der Waals surface area contributed by atoms with Gasteiger partial charge < -0.3 is 20.1 Å². The van der Waals surface area contributed by atoms with Crippen LogP contribution < -0.4 is 20.1 Å². The summed E-state index contributed by atoms with van der Waals surface area (Å²) in [5, 5.41) is 5.66. The third-order valence-corrected chi connectivity index (χ3v) is 2.67. The summed E-state index contributed by atoms with van der Waals surface area (Å²) in [5.41, 5.74) is 0.955. The Labute approximate surface area is 114 Å². The van der Waals surface area contributed by atoms with Crippen molar-refractivity contribution in [3.8, 4) is 11.5 Å². The van der Waals surface area contributed by atoms with E-state index in [2.05, 4.69) is 10.6 Å². The molecule has 0 aliphatic heterocycles. The summed E-state index contributed by atoms with van der Waals surface area (Å²) in [6.07, 6.45) is 0. The molecule has 0 saturated carbocycles. The first kappa shape index (κ1) is 15.1. The van der Waals surface area contributed by atoms with Crippen molar-refractivity contribution in [3.63, 3.8) is 0 Å². The molecule has 5 nitrogen and oxygen atoms in total. The first-order valence-corrected chi connectivity index (χ1v) is 6.26. The third-order valence-electron chi connectivity index (χ3n) is 2.67. The average Bonchev–Trinajstić information content (AvgIpc) is 2.36. The number of ether oxygens (including phenoxy) is 2. The SMILES string of the molecule is COc1ccc(C(C)NC(=O)NC(C)C)cc1OC. The topological polar surface area (TPSA) is 59.6 Å². The third kappa shape index (κ3) is 4.35. The van der Waals surface area contributed by atoms with Crippen molar-refractivity contribution in [1.29, 1.82) is 0 Å². The number of nitrogens with one attached hydrogen (secondary N) is 2. The van der Waals surface area contributed by atoms with E-state index < -0.39 is 0 Å². The fourth-order valence-corrected chi connectivity index (χ4v) is 1.71. The van der Waals surface area contributed by atoms with Gasteiger partial charge >= 0.3 is 6.03 Å². The summed E-state index contributed by atoms with van der Waals surface area (Å²) < 4.78 is 10.4. The lowest BCUT2D eigenvalue weighted by Crippen LogP contribution is -2.40. The van der Waals surface area contributed by atoms with Crippen LogP contribution in [-0.2, 0) is 0 Å². The van der Waals surface area contributed by atoms with Crippen LogP contribution in [0.2, 0.25) is 0 Å². The second kappa shape index (κ2) is 6.87. The Morgan fingerprint density at radius 2 is 1.68 bits per heavy atom. The van der Waals surface area contributed by atoms with E-state index in [0.717, 1.165) is 5.56 Å². The van der Waals surface area contributed by atoms with Crippen LogP contribution in [0.1, 0.15) is 32.4 Å². The summed E-state index contributed by atoms with van der Waals surface area (Å²) >= 11 is 0. The van der Waals surface area contributed by atoms with E-state index >= 15 is 0 Å². The maximum Gasteiger partial charge on any atom is 0.315 e. The predicted octanol–water partition coefficient (Wildman–Crippen LogP) is 2.47. The molecular formula is C14H22N2O3. The molecular weight excluding hydrogens is 244 g/mol. The molecule has 0 spiro atoms. The van der Waals surface area contributed by atoms with Crippen molar-refractivity contribution in [1.82, 2.24) is 10.6 Å². The molecule has 0 heterocycles. The molecule has 1 rings (SSSR count). The Kier molecular flexibility index (Phi) is 5.48. The highest BCUT2D eigenvalue weighted by Crippen LogP contribution is 2.29. The van der Waals surface area contributed by atoms with Gasteiger partial charge in [0.2, 0.25) is 0 Å². The molecule has 0 radical (unpaired) electrons. The highest BCUT2D eigenvalue weighted by atomic mass is 16.5. The molecule has 1 aromatic rings. The van der Waals surface area contributed by atoms with Gasteiger partial charge in [-0.3, -0.25) is 0 Å². The molecule has 19 heavy (non-hydrogen) atoms. The first-order chi connectivity index (χ1) is 8.97. The number of amides is 2. The van der Waals surface area contributed by atoms with Crippen LogP contribution in [0.5, 0.6) is 11.5 Å². The number of carbonyl (C=O) groups is 1. The van der Waals surface area contributed by atoms with Crippen LogP contribution in [-0.4, -0.2) is 26.3 Å². The van der Waals surface area contributed by atoms with Crippen LogP contribution >= 0.6 is 0 Å². The summed E-state index contributed by atoms with van der Waals surface area (Å²) in [5.74, 6) is 1.32. The van der Waals surface area contributed by atoms with Crippen LogP contribution in [0.15, 0.2) is 18.2 Å². The molecule has 0 saturated heterocycles. The monoisotopic (exact) mass is 266 g/mol. The molecule has 1 aromatic carbocycles. The fourth-order valence-electron chi connectivity index (χ4n) is 1.71. The van der Waals surface area contributed by atoms with Gasteiger partial charge in [0.05, 0.1) is 20.3 Å². The van der Waals surface area contributed by atoms with Crippen molar-refractivity contribution in [2.24, 2.45) is 0 Å². The summed E-state index contributed by atoms with van der Waals surface area (Å²) in [4.78, 5) is 11.6. The molecule has 2 N–H and O–H groups in total. The van der Waals surface area contributed by atoms with Gasteiger partial charge in [0.15, 0.2) is 11.5 Å².